The Balaban J connectivity index is 2.10. The van der Waals surface area contributed by atoms with Crippen LogP contribution < -0.4 is 5.73 Å². The van der Waals surface area contributed by atoms with Crippen molar-refractivity contribution in [2.75, 3.05) is 6.61 Å². The van der Waals surface area contributed by atoms with Gasteiger partial charge in [-0.3, -0.25) is 4.79 Å². The monoisotopic (exact) mass is 311 g/mol. The number of halogens is 1. The molecular formula is C14H18BrNO2. The van der Waals surface area contributed by atoms with Gasteiger partial charge in [0, 0.05) is 11.1 Å². The molecule has 0 saturated carbocycles. The van der Waals surface area contributed by atoms with E-state index >= 15 is 0 Å². The fraction of sp³-hybridized carbons (Fsp3) is 0.500. The lowest BCUT2D eigenvalue weighted by molar-refractivity contribution is -0.130. The van der Waals surface area contributed by atoms with Gasteiger partial charge in [0.15, 0.2) is 0 Å². The predicted molar refractivity (Wildman–Crippen MR) is 74.2 cm³/mol. The van der Waals surface area contributed by atoms with Gasteiger partial charge in [0.2, 0.25) is 5.91 Å². The van der Waals surface area contributed by atoms with Gasteiger partial charge in [-0.1, -0.05) is 28.1 Å². The number of hydrogen-bond donors (Lipinski definition) is 1. The minimum absolute atomic E-state index is 0.0779. The standard InChI is InChI=1S/C14H18BrNO2/c1-9-4-5-10(7-12(9)15)8-13-11(14(16)17)3-2-6-18-13/h4-5,7,11,13H,2-3,6,8H2,1H3,(H2,16,17). The third-order valence-corrected chi connectivity index (χ3v) is 4.33. The summed E-state index contributed by atoms with van der Waals surface area (Å²) in [6.07, 6.45) is 2.42. The van der Waals surface area contributed by atoms with Crippen LogP contribution in [0.3, 0.4) is 0 Å². The smallest absolute Gasteiger partial charge is 0.223 e. The molecule has 1 amide bonds. The first-order chi connectivity index (χ1) is 8.58. The Morgan fingerprint density at radius 3 is 3.00 bits per heavy atom. The molecule has 1 heterocycles. The quantitative estimate of drug-likeness (QED) is 0.932. The number of amides is 1. The Kier molecular flexibility index (Phi) is 4.40. The molecule has 1 saturated heterocycles. The number of carbonyl (C=O) groups is 1. The van der Waals surface area contributed by atoms with E-state index in [1.807, 2.05) is 0 Å². The summed E-state index contributed by atoms with van der Waals surface area (Å²) in [6, 6.07) is 6.24. The molecule has 0 aromatic heterocycles. The lowest BCUT2D eigenvalue weighted by Crippen LogP contribution is -2.40. The zero-order valence-corrected chi connectivity index (χ0v) is 12.1. The molecule has 0 bridgehead atoms. The third-order valence-electron chi connectivity index (χ3n) is 3.48. The average Bonchev–Trinajstić information content (AvgIpc) is 2.34. The molecule has 1 fully saturated rings. The van der Waals surface area contributed by atoms with Crippen molar-refractivity contribution in [1.29, 1.82) is 0 Å². The maximum absolute atomic E-state index is 11.4. The van der Waals surface area contributed by atoms with E-state index in [-0.39, 0.29) is 17.9 Å². The van der Waals surface area contributed by atoms with Crippen LogP contribution in [0, 0.1) is 12.8 Å². The summed E-state index contributed by atoms with van der Waals surface area (Å²) in [5.74, 6) is -0.398. The number of nitrogens with two attached hydrogens (primary N) is 1. The summed E-state index contributed by atoms with van der Waals surface area (Å²) in [4.78, 5) is 11.4. The van der Waals surface area contributed by atoms with E-state index in [1.54, 1.807) is 0 Å². The average molecular weight is 312 g/mol. The molecule has 1 aliphatic rings. The molecule has 1 aromatic carbocycles. The SMILES string of the molecule is Cc1ccc(CC2OCCCC2C(N)=O)cc1Br. The number of rotatable bonds is 3. The molecule has 2 atom stereocenters. The van der Waals surface area contributed by atoms with Gasteiger partial charge in [-0.15, -0.1) is 0 Å². The van der Waals surface area contributed by atoms with Crippen LogP contribution in [0.5, 0.6) is 0 Å². The number of carbonyl (C=O) groups excluding carboxylic acids is 1. The highest BCUT2D eigenvalue weighted by Gasteiger charge is 2.30. The molecule has 4 heteroatoms. The molecule has 2 N–H and O–H groups in total. The second-order valence-corrected chi connectivity index (χ2v) is 5.70. The topological polar surface area (TPSA) is 52.3 Å². The molecule has 0 spiro atoms. The minimum atomic E-state index is -0.245. The van der Waals surface area contributed by atoms with Gasteiger partial charge in [-0.05, 0) is 43.4 Å². The second-order valence-electron chi connectivity index (χ2n) is 4.85. The van der Waals surface area contributed by atoms with Crippen LogP contribution in [-0.2, 0) is 16.0 Å². The van der Waals surface area contributed by atoms with Gasteiger partial charge < -0.3 is 10.5 Å². The van der Waals surface area contributed by atoms with E-state index in [0.29, 0.717) is 0 Å². The van der Waals surface area contributed by atoms with E-state index in [1.165, 1.54) is 11.1 Å². The summed E-state index contributed by atoms with van der Waals surface area (Å²) in [6.45, 7) is 2.78. The highest BCUT2D eigenvalue weighted by atomic mass is 79.9. The number of ether oxygens (including phenoxy) is 1. The number of benzene rings is 1. The molecule has 2 unspecified atom stereocenters. The van der Waals surface area contributed by atoms with Gasteiger partial charge in [-0.25, -0.2) is 0 Å². The highest BCUT2D eigenvalue weighted by Crippen LogP contribution is 2.25. The maximum Gasteiger partial charge on any atom is 0.223 e. The molecule has 0 aliphatic carbocycles. The van der Waals surface area contributed by atoms with Crippen LogP contribution in [-0.4, -0.2) is 18.6 Å². The first-order valence-corrected chi connectivity index (χ1v) is 7.03. The highest BCUT2D eigenvalue weighted by molar-refractivity contribution is 9.10. The Hall–Kier alpha value is -0.870. The fourth-order valence-electron chi connectivity index (χ4n) is 2.36. The van der Waals surface area contributed by atoms with Crippen molar-refractivity contribution in [1.82, 2.24) is 0 Å². The van der Waals surface area contributed by atoms with Crippen LogP contribution in [0.1, 0.15) is 24.0 Å². The molecule has 1 aromatic rings. The van der Waals surface area contributed by atoms with Crippen LogP contribution in [0.4, 0.5) is 0 Å². The van der Waals surface area contributed by atoms with Crippen molar-refractivity contribution in [3.8, 4) is 0 Å². The Morgan fingerprint density at radius 1 is 1.56 bits per heavy atom. The third kappa shape index (κ3) is 3.12. The van der Waals surface area contributed by atoms with Crippen molar-refractivity contribution >= 4 is 21.8 Å². The first kappa shape index (κ1) is 13.6. The zero-order valence-electron chi connectivity index (χ0n) is 10.5. The Labute approximate surface area is 116 Å². The molecule has 0 radical (unpaired) electrons. The first-order valence-electron chi connectivity index (χ1n) is 6.24. The van der Waals surface area contributed by atoms with Crippen molar-refractivity contribution < 1.29 is 9.53 Å². The fourth-order valence-corrected chi connectivity index (χ4v) is 2.79. The minimum Gasteiger partial charge on any atom is -0.377 e. The van der Waals surface area contributed by atoms with E-state index in [9.17, 15) is 4.79 Å². The van der Waals surface area contributed by atoms with E-state index < -0.39 is 0 Å². The van der Waals surface area contributed by atoms with Crippen LogP contribution in [0.25, 0.3) is 0 Å². The zero-order chi connectivity index (χ0) is 13.1. The molecule has 98 valence electrons. The van der Waals surface area contributed by atoms with Crippen molar-refractivity contribution in [2.45, 2.75) is 32.3 Å². The molecular weight excluding hydrogens is 294 g/mol. The Bertz CT molecular complexity index is 447. The number of primary amides is 1. The normalized spacial score (nSPS) is 23.9. The van der Waals surface area contributed by atoms with Crippen molar-refractivity contribution in [3.63, 3.8) is 0 Å². The van der Waals surface area contributed by atoms with Crippen molar-refractivity contribution in [3.05, 3.63) is 33.8 Å². The summed E-state index contributed by atoms with van der Waals surface area (Å²) in [7, 11) is 0. The van der Waals surface area contributed by atoms with Crippen LogP contribution >= 0.6 is 15.9 Å². The number of aryl methyl sites for hydroxylation is 1. The lowest BCUT2D eigenvalue weighted by atomic mass is 9.89. The summed E-state index contributed by atoms with van der Waals surface area (Å²) < 4.78 is 6.80. The molecule has 18 heavy (non-hydrogen) atoms. The van der Waals surface area contributed by atoms with Gasteiger partial charge in [0.05, 0.1) is 12.0 Å². The van der Waals surface area contributed by atoms with Gasteiger partial charge in [0.25, 0.3) is 0 Å². The van der Waals surface area contributed by atoms with Crippen LogP contribution in [0.15, 0.2) is 22.7 Å². The molecule has 3 nitrogen and oxygen atoms in total. The second kappa shape index (κ2) is 5.85. The predicted octanol–water partition coefficient (Wildman–Crippen LogP) is 2.58. The van der Waals surface area contributed by atoms with Crippen LogP contribution in [0.2, 0.25) is 0 Å². The van der Waals surface area contributed by atoms with E-state index in [2.05, 4.69) is 41.1 Å². The molecule has 2 rings (SSSR count). The van der Waals surface area contributed by atoms with Crippen molar-refractivity contribution in [2.24, 2.45) is 11.7 Å². The number of hydrogen-bond acceptors (Lipinski definition) is 2. The Morgan fingerprint density at radius 2 is 2.33 bits per heavy atom. The van der Waals surface area contributed by atoms with Gasteiger partial charge >= 0.3 is 0 Å². The maximum atomic E-state index is 11.4. The largest absolute Gasteiger partial charge is 0.377 e. The lowest BCUT2D eigenvalue weighted by Gasteiger charge is -2.29. The summed E-state index contributed by atoms with van der Waals surface area (Å²) in [5, 5.41) is 0. The van der Waals surface area contributed by atoms with E-state index in [0.717, 1.165) is 30.3 Å². The molecule has 1 aliphatic heterocycles. The van der Waals surface area contributed by atoms with Gasteiger partial charge in [0.1, 0.15) is 0 Å². The summed E-state index contributed by atoms with van der Waals surface area (Å²) >= 11 is 3.52. The van der Waals surface area contributed by atoms with Gasteiger partial charge in [-0.2, -0.15) is 0 Å². The summed E-state index contributed by atoms with van der Waals surface area (Å²) in [5.41, 5.74) is 7.81. The van der Waals surface area contributed by atoms with E-state index in [4.69, 9.17) is 10.5 Å².